The van der Waals surface area contributed by atoms with E-state index in [0.29, 0.717) is 0 Å². The molecule has 0 spiro atoms. The Balaban J connectivity index is 2.77. The summed E-state index contributed by atoms with van der Waals surface area (Å²) < 4.78 is 4.79. The molecule has 1 rings (SSSR count). The number of carbonyl (C=O) groups excluding carboxylic acids is 2. The third-order valence-electron chi connectivity index (χ3n) is 2.25. The quantitative estimate of drug-likeness (QED) is 0.460. The third-order valence-corrected chi connectivity index (χ3v) is 2.25. The maximum absolute atomic E-state index is 11.0. The Morgan fingerprint density at radius 2 is 2.25 bits per heavy atom. The number of esters is 1. The summed E-state index contributed by atoms with van der Waals surface area (Å²) in [7, 11) is 0. The van der Waals surface area contributed by atoms with E-state index in [4.69, 9.17) is 9.84 Å². The van der Waals surface area contributed by atoms with E-state index >= 15 is 0 Å². The van der Waals surface area contributed by atoms with E-state index in [1.54, 1.807) is 6.92 Å². The number of carbonyl (C=O) groups is 2. The van der Waals surface area contributed by atoms with Gasteiger partial charge in [0.05, 0.1) is 6.61 Å². The zero-order valence-corrected chi connectivity index (χ0v) is 7.11. The minimum Gasteiger partial charge on any atom is -0.459 e. The van der Waals surface area contributed by atoms with Crippen LogP contribution in [0.3, 0.4) is 0 Å². The lowest BCUT2D eigenvalue weighted by atomic mass is 9.90. The van der Waals surface area contributed by atoms with Crippen molar-refractivity contribution in [1.82, 2.24) is 0 Å². The molecule has 1 heterocycles. The first-order valence-electron chi connectivity index (χ1n) is 3.89. The lowest BCUT2D eigenvalue weighted by Gasteiger charge is -2.11. The molecular formula is C8H12O4. The summed E-state index contributed by atoms with van der Waals surface area (Å²) >= 11 is 0. The van der Waals surface area contributed by atoms with Gasteiger partial charge in [-0.1, -0.05) is 6.92 Å². The molecule has 0 saturated carbocycles. The normalized spacial score (nSPS) is 34.9. The zero-order valence-electron chi connectivity index (χ0n) is 7.11. The molecule has 0 bridgehead atoms. The van der Waals surface area contributed by atoms with E-state index in [9.17, 15) is 9.59 Å². The van der Waals surface area contributed by atoms with Crippen molar-refractivity contribution < 1.29 is 19.4 Å². The molecule has 0 radical (unpaired) electrons. The molecule has 68 valence electrons. The molecule has 1 N–H and O–H groups in total. The number of aliphatic hydroxyl groups is 1. The minimum atomic E-state index is -0.679. The maximum atomic E-state index is 11.0. The highest BCUT2D eigenvalue weighted by atomic mass is 16.6. The highest BCUT2D eigenvalue weighted by Gasteiger charge is 2.43. The number of hydrogen-bond donors (Lipinski definition) is 1. The van der Waals surface area contributed by atoms with Crippen molar-refractivity contribution in [3.63, 3.8) is 0 Å². The molecule has 0 aromatic carbocycles. The summed E-state index contributed by atoms with van der Waals surface area (Å²) in [4.78, 5) is 22.0. The number of hydrogen-bond acceptors (Lipinski definition) is 4. The molecule has 0 unspecified atom stereocenters. The van der Waals surface area contributed by atoms with Crippen LogP contribution in [0.2, 0.25) is 0 Å². The number of ketones is 1. The zero-order chi connectivity index (χ0) is 9.30. The first kappa shape index (κ1) is 9.19. The van der Waals surface area contributed by atoms with Gasteiger partial charge in [0.15, 0.2) is 0 Å². The Kier molecular flexibility index (Phi) is 2.47. The Bertz CT molecular complexity index is 211. The lowest BCUT2D eigenvalue weighted by Crippen LogP contribution is -2.25. The molecular weight excluding hydrogens is 160 g/mol. The van der Waals surface area contributed by atoms with Crippen molar-refractivity contribution in [3.05, 3.63) is 0 Å². The SMILES string of the molecule is CC(=O)[C@@H]1C(=O)O[C@H](CO)[C@H]1C. The molecule has 0 amide bonds. The Morgan fingerprint density at radius 3 is 2.50 bits per heavy atom. The van der Waals surface area contributed by atoms with Crippen molar-refractivity contribution in [2.75, 3.05) is 6.61 Å². The second-order valence-electron chi connectivity index (χ2n) is 3.11. The summed E-state index contributed by atoms with van der Waals surface area (Å²) in [5.41, 5.74) is 0. The van der Waals surface area contributed by atoms with E-state index in [-0.39, 0.29) is 18.3 Å². The van der Waals surface area contributed by atoms with Gasteiger partial charge < -0.3 is 9.84 Å². The summed E-state index contributed by atoms with van der Waals surface area (Å²) in [5, 5.41) is 8.77. The van der Waals surface area contributed by atoms with Crippen LogP contribution in [0.15, 0.2) is 0 Å². The number of rotatable bonds is 2. The van der Waals surface area contributed by atoms with Gasteiger partial charge in [0.1, 0.15) is 17.8 Å². The van der Waals surface area contributed by atoms with Crippen LogP contribution >= 0.6 is 0 Å². The Morgan fingerprint density at radius 1 is 1.67 bits per heavy atom. The van der Waals surface area contributed by atoms with Gasteiger partial charge in [0, 0.05) is 5.92 Å². The van der Waals surface area contributed by atoms with Crippen molar-refractivity contribution in [2.24, 2.45) is 11.8 Å². The van der Waals surface area contributed by atoms with Crippen LogP contribution in [0.25, 0.3) is 0 Å². The van der Waals surface area contributed by atoms with Crippen LogP contribution in [0, 0.1) is 11.8 Å². The highest BCUT2D eigenvalue weighted by molar-refractivity contribution is 5.99. The van der Waals surface area contributed by atoms with Gasteiger partial charge in [0.2, 0.25) is 0 Å². The Labute approximate surface area is 70.5 Å². The molecule has 1 fully saturated rings. The molecule has 4 nitrogen and oxygen atoms in total. The first-order valence-corrected chi connectivity index (χ1v) is 3.89. The lowest BCUT2D eigenvalue weighted by molar-refractivity contribution is -0.147. The highest BCUT2D eigenvalue weighted by Crippen LogP contribution is 2.28. The minimum absolute atomic E-state index is 0.191. The number of Topliss-reactive ketones (excluding diaryl/α,β-unsaturated/α-hetero) is 1. The fourth-order valence-corrected chi connectivity index (χ4v) is 1.50. The molecule has 0 aromatic heterocycles. The molecule has 12 heavy (non-hydrogen) atoms. The number of aliphatic hydroxyl groups excluding tert-OH is 1. The topological polar surface area (TPSA) is 63.6 Å². The maximum Gasteiger partial charge on any atom is 0.317 e. The van der Waals surface area contributed by atoms with Crippen LogP contribution in [0.5, 0.6) is 0 Å². The van der Waals surface area contributed by atoms with Gasteiger partial charge in [0.25, 0.3) is 0 Å². The summed E-state index contributed by atoms with van der Waals surface area (Å²) in [6.07, 6.45) is -0.508. The van der Waals surface area contributed by atoms with E-state index < -0.39 is 18.0 Å². The van der Waals surface area contributed by atoms with E-state index in [1.165, 1.54) is 6.92 Å². The second-order valence-corrected chi connectivity index (χ2v) is 3.11. The van der Waals surface area contributed by atoms with Crippen LogP contribution < -0.4 is 0 Å². The van der Waals surface area contributed by atoms with E-state index in [1.807, 2.05) is 0 Å². The Hall–Kier alpha value is -0.900. The van der Waals surface area contributed by atoms with Gasteiger partial charge in [-0.15, -0.1) is 0 Å². The third kappa shape index (κ3) is 1.34. The largest absolute Gasteiger partial charge is 0.459 e. The van der Waals surface area contributed by atoms with Crippen molar-refractivity contribution >= 4 is 11.8 Å². The monoisotopic (exact) mass is 172 g/mol. The molecule has 4 heteroatoms. The summed E-state index contributed by atoms with van der Waals surface area (Å²) in [5.74, 6) is -1.58. The summed E-state index contributed by atoms with van der Waals surface area (Å²) in [6, 6.07) is 0. The van der Waals surface area contributed by atoms with Crippen LogP contribution in [0.4, 0.5) is 0 Å². The summed E-state index contributed by atoms with van der Waals surface area (Å²) in [6.45, 7) is 2.89. The fraction of sp³-hybridized carbons (Fsp3) is 0.750. The molecule has 3 atom stereocenters. The van der Waals surface area contributed by atoms with Crippen molar-refractivity contribution in [1.29, 1.82) is 0 Å². The number of cyclic esters (lactones) is 1. The van der Waals surface area contributed by atoms with Gasteiger partial charge >= 0.3 is 5.97 Å². The van der Waals surface area contributed by atoms with Gasteiger partial charge in [-0.2, -0.15) is 0 Å². The van der Waals surface area contributed by atoms with Crippen LogP contribution in [-0.4, -0.2) is 29.6 Å². The smallest absolute Gasteiger partial charge is 0.317 e. The second kappa shape index (κ2) is 3.23. The molecule has 1 aliphatic heterocycles. The molecule has 0 aromatic rings. The van der Waals surface area contributed by atoms with Crippen LogP contribution in [-0.2, 0) is 14.3 Å². The van der Waals surface area contributed by atoms with Gasteiger partial charge in [-0.05, 0) is 6.92 Å². The average molecular weight is 172 g/mol. The number of ether oxygens (including phenoxy) is 1. The van der Waals surface area contributed by atoms with Gasteiger partial charge in [-0.25, -0.2) is 0 Å². The molecule has 1 aliphatic rings. The molecule has 1 saturated heterocycles. The average Bonchev–Trinajstić information content (AvgIpc) is 2.25. The van der Waals surface area contributed by atoms with Crippen molar-refractivity contribution in [3.8, 4) is 0 Å². The van der Waals surface area contributed by atoms with E-state index in [2.05, 4.69) is 0 Å². The standard InChI is InChI=1S/C8H12O4/c1-4-6(3-9)12-8(11)7(4)5(2)10/h4,6-7,9H,3H2,1-2H3/t4-,6-,7-/m1/s1. The van der Waals surface area contributed by atoms with Gasteiger partial charge in [-0.3, -0.25) is 9.59 Å². The van der Waals surface area contributed by atoms with E-state index in [0.717, 1.165) is 0 Å². The predicted molar refractivity (Wildman–Crippen MR) is 40.3 cm³/mol. The fourth-order valence-electron chi connectivity index (χ4n) is 1.50. The molecule has 0 aliphatic carbocycles. The van der Waals surface area contributed by atoms with Crippen molar-refractivity contribution in [2.45, 2.75) is 20.0 Å². The van der Waals surface area contributed by atoms with Crippen LogP contribution in [0.1, 0.15) is 13.8 Å². The first-order chi connectivity index (χ1) is 5.57. The predicted octanol–water partition coefficient (Wildman–Crippen LogP) is -0.255.